The van der Waals surface area contributed by atoms with Gasteiger partial charge in [-0.15, -0.1) is 0 Å². The second kappa shape index (κ2) is 7.13. The minimum absolute atomic E-state index is 0.158. The summed E-state index contributed by atoms with van der Waals surface area (Å²) in [5, 5.41) is 8.58. The normalized spacial score (nSPS) is 22.6. The zero-order valence-corrected chi connectivity index (χ0v) is 15.7. The third kappa shape index (κ3) is 3.70. The summed E-state index contributed by atoms with van der Waals surface area (Å²) >= 11 is 0. The highest BCUT2D eigenvalue weighted by Gasteiger charge is 2.28. The second-order valence-corrected chi connectivity index (χ2v) is 8.87. The van der Waals surface area contributed by atoms with Crippen LogP contribution in [-0.4, -0.2) is 54.4 Å². The van der Waals surface area contributed by atoms with Crippen LogP contribution in [0, 0.1) is 0 Å². The van der Waals surface area contributed by atoms with Crippen molar-refractivity contribution in [3.8, 4) is 0 Å². The Balaban J connectivity index is 1.45. The smallest absolute Gasteiger partial charge is 0.276 e. The Kier molecular flexibility index (Phi) is 4.85. The lowest BCUT2D eigenvalue weighted by molar-refractivity contribution is 0.329. The SMILES string of the molecule is NS(=O)(=O)N1CCC(Nc2ncc3c(n2)N(C2CCCC2)CC=C3)CC1. The fraction of sp³-hybridized carbons (Fsp3) is 0.647. The summed E-state index contributed by atoms with van der Waals surface area (Å²) in [6.45, 7) is 1.76. The lowest BCUT2D eigenvalue weighted by atomic mass is 10.1. The van der Waals surface area contributed by atoms with Gasteiger partial charge in [0.1, 0.15) is 5.82 Å². The molecule has 142 valence electrons. The van der Waals surface area contributed by atoms with Crippen LogP contribution in [0.25, 0.3) is 6.08 Å². The number of nitrogens with one attached hydrogen (secondary N) is 1. The van der Waals surface area contributed by atoms with Crippen molar-refractivity contribution in [2.45, 2.75) is 50.6 Å². The number of anilines is 2. The Morgan fingerprint density at radius 3 is 2.58 bits per heavy atom. The van der Waals surface area contributed by atoms with Gasteiger partial charge >= 0.3 is 0 Å². The van der Waals surface area contributed by atoms with Gasteiger partial charge in [-0.2, -0.15) is 17.7 Å². The van der Waals surface area contributed by atoms with Crippen LogP contribution in [0.2, 0.25) is 0 Å². The van der Waals surface area contributed by atoms with E-state index in [0.29, 0.717) is 37.9 Å². The number of nitrogens with zero attached hydrogens (tertiary/aromatic N) is 4. The summed E-state index contributed by atoms with van der Waals surface area (Å²) in [7, 11) is -3.59. The standard InChI is InChI=1S/C17H26N6O2S/c18-26(24,25)22-10-7-14(8-11-22)20-17-19-12-13-4-3-9-23(16(13)21-17)15-5-1-2-6-15/h3-4,12,14-15H,1-2,5-11H2,(H2,18,24,25)(H,19,20,21). The van der Waals surface area contributed by atoms with Crippen molar-refractivity contribution in [3.63, 3.8) is 0 Å². The van der Waals surface area contributed by atoms with E-state index < -0.39 is 10.2 Å². The van der Waals surface area contributed by atoms with Crippen molar-refractivity contribution in [1.82, 2.24) is 14.3 Å². The van der Waals surface area contributed by atoms with Gasteiger partial charge in [0, 0.05) is 43.5 Å². The molecule has 0 aromatic carbocycles. The van der Waals surface area contributed by atoms with Gasteiger partial charge in [0.05, 0.1) is 0 Å². The van der Waals surface area contributed by atoms with Crippen LogP contribution in [0.4, 0.5) is 11.8 Å². The van der Waals surface area contributed by atoms with Crippen molar-refractivity contribution in [2.24, 2.45) is 5.14 Å². The summed E-state index contributed by atoms with van der Waals surface area (Å²) in [5.41, 5.74) is 1.07. The van der Waals surface area contributed by atoms with Crippen LogP contribution < -0.4 is 15.4 Å². The van der Waals surface area contributed by atoms with Crippen LogP contribution in [-0.2, 0) is 10.2 Å². The molecular weight excluding hydrogens is 352 g/mol. The summed E-state index contributed by atoms with van der Waals surface area (Å²) in [6, 6.07) is 0.726. The largest absolute Gasteiger partial charge is 0.351 e. The van der Waals surface area contributed by atoms with E-state index in [1.54, 1.807) is 0 Å². The monoisotopic (exact) mass is 378 g/mol. The van der Waals surface area contributed by atoms with Gasteiger partial charge in [-0.3, -0.25) is 0 Å². The van der Waals surface area contributed by atoms with E-state index >= 15 is 0 Å². The zero-order valence-electron chi connectivity index (χ0n) is 14.8. The molecule has 0 spiro atoms. The minimum atomic E-state index is -3.59. The lowest BCUT2D eigenvalue weighted by Crippen LogP contribution is -2.45. The third-order valence-electron chi connectivity index (χ3n) is 5.58. The average molecular weight is 379 g/mol. The lowest BCUT2D eigenvalue weighted by Gasteiger charge is -2.33. The van der Waals surface area contributed by atoms with Gasteiger partial charge in [-0.1, -0.05) is 25.0 Å². The van der Waals surface area contributed by atoms with Crippen LogP contribution >= 0.6 is 0 Å². The quantitative estimate of drug-likeness (QED) is 0.819. The molecule has 3 N–H and O–H groups in total. The number of rotatable bonds is 4. The molecule has 26 heavy (non-hydrogen) atoms. The number of nitrogens with two attached hydrogens (primary N) is 1. The van der Waals surface area contributed by atoms with Crippen molar-refractivity contribution < 1.29 is 8.42 Å². The molecule has 4 rings (SSSR count). The second-order valence-electron chi connectivity index (χ2n) is 7.33. The van der Waals surface area contributed by atoms with Gasteiger partial charge in [0.15, 0.2) is 0 Å². The van der Waals surface area contributed by atoms with Gasteiger partial charge < -0.3 is 10.2 Å². The number of fused-ring (bicyclic) bond motifs is 1. The van der Waals surface area contributed by atoms with Crippen LogP contribution in [0.5, 0.6) is 0 Å². The molecule has 1 saturated heterocycles. The van der Waals surface area contributed by atoms with Crippen molar-refractivity contribution >= 4 is 28.1 Å². The molecule has 1 saturated carbocycles. The molecule has 0 radical (unpaired) electrons. The summed E-state index contributed by atoms with van der Waals surface area (Å²) in [4.78, 5) is 11.7. The van der Waals surface area contributed by atoms with Gasteiger partial charge in [0.25, 0.3) is 10.2 Å². The molecule has 0 atom stereocenters. The first-order valence-corrected chi connectivity index (χ1v) is 10.9. The molecular formula is C17H26N6O2S. The van der Waals surface area contributed by atoms with Crippen LogP contribution in [0.3, 0.4) is 0 Å². The van der Waals surface area contributed by atoms with E-state index in [4.69, 9.17) is 10.1 Å². The maximum atomic E-state index is 11.4. The Bertz CT molecular complexity index is 782. The fourth-order valence-electron chi connectivity index (χ4n) is 4.15. The predicted octanol–water partition coefficient (Wildman–Crippen LogP) is 1.33. The van der Waals surface area contributed by atoms with Gasteiger partial charge in [-0.05, 0) is 25.7 Å². The number of hydrogen-bond acceptors (Lipinski definition) is 6. The van der Waals surface area contributed by atoms with Crippen LogP contribution in [0.15, 0.2) is 12.3 Å². The Morgan fingerprint density at radius 1 is 1.15 bits per heavy atom. The first-order chi connectivity index (χ1) is 12.5. The van der Waals surface area contributed by atoms with E-state index in [1.807, 2.05) is 6.20 Å². The molecule has 0 unspecified atom stereocenters. The maximum absolute atomic E-state index is 11.4. The first kappa shape index (κ1) is 17.7. The molecule has 3 heterocycles. The molecule has 2 fully saturated rings. The summed E-state index contributed by atoms with van der Waals surface area (Å²) < 4.78 is 24.2. The zero-order chi connectivity index (χ0) is 18.1. The van der Waals surface area contributed by atoms with E-state index in [2.05, 4.69) is 27.4 Å². The third-order valence-corrected chi connectivity index (χ3v) is 6.66. The minimum Gasteiger partial charge on any atom is -0.351 e. The summed E-state index contributed by atoms with van der Waals surface area (Å²) in [6.07, 6.45) is 12.6. The van der Waals surface area contributed by atoms with Crippen molar-refractivity contribution in [2.75, 3.05) is 29.9 Å². The molecule has 0 amide bonds. The first-order valence-electron chi connectivity index (χ1n) is 9.35. The average Bonchev–Trinajstić information content (AvgIpc) is 3.15. The Morgan fingerprint density at radius 2 is 1.88 bits per heavy atom. The fourth-order valence-corrected chi connectivity index (χ4v) is 4.87. The predicted molar refractivity (Wildman–Crippen MR) is 102 cm³/mol. The van der Waals surface area contributed by atoms with E-state index in [-0.39, 0.29) is 6.04 Å². The van der Waals surface area contributed by atoms with E-state index in [9.17, 15) is 8.42 Å². The van der Waals surface area contributed by atoms with Crippen LogP contribution in [0.1, 0.15) is 44.1 Å². The molecule has 2 aliphatic heterocycles. The van der Waals surface area contributed by atoms with Gasteiger partial charge in [0.2, 0.25) is 5.95 Å². The molecule has 1 aromatic heterocycles. The molecule has 1 aliphatic carbocycles. The molecule has 8 nitrogen and oxygen atoms in total. The molecule has 0 bridgehead atoms. The highest BCUT2D eigenvalue weighted by Crippen LogP contribution is 2.32. The highest BCUT2D eigenvalue weighted by molar-refractivity contribution is 7.86. The molecule has 3 aliphatic rings. The van der Waals surface area contributed by atoms with Crippen molar-refractivity contribution in [3.05, 3.63) is 17.8 Å². The van der Waals surface area contributed by atoms with E-state index in [1.165, 1.54) is 30.0 Å². The highest BCUT2D eigenvalue weighted by atomic mass is 32.2. The van der Waals surface area contributed by atoms with Gasteiger partial charge in [-0.25, -0.2) is 10.1 Å². The maximum Gasteiger partial charge on any atom is 0.276 e. The molecule has 9 heteroatoms. The number of piperidine rings is 1. The Labute approximate surface area is 154 Å². The summed E-state index contributed by atoms with van der Waals surface area (Å²) in [5.74, 6) is 1.63. The number of aromatic nitrogens is 2. The topological polar surface area (TPSA) is 104 Å². The Hall–Kier alpha value is -1.71. The van der Waals surface area contributed by atoms with Crippen molar-refractivity contribution in [1.29, 1.82) is 0 Å². The number of hydrogen-bond donors (Lipinski definition) is 2. The van der Waals surface area contributed by atoms with E-state index in [0.717, 1.165) is 17.9 Å². The molecule has 1 aromatic rings.